The SMILES string of the molecule is Cc1cccc2c1c(-c1nc3c(F)c(F)cc(F)c3s1)c(C)n2CC(=O)O. The molecule has 0 saturated carbocycles. The molecular formula is C19H13F3N2O2S. The molecule has 0 bridgehead atoms. The minimum atomic E-state index is -1.29. The second-order valence-corrected chi connectivity index (χ2v) is 7.26. The fraction of sp³-hybridized carbons (Fsp3) is 0.158. The van der Waals surface area contributed by atoms with E-state index in [0.29, 0.717) is 27.8 Å². The molecule has 138 valence electrons. The Hall–Kier alpha value is -2.87. The Morgan fingerprint density at radius 3 is 2.67 bits per heavy atom. The van der Waals surface area contributed by atoms with Gasteiger partial charge in [-0.2, -0.15) is 0 Å². The molecular weight excluding hydrogens is 377 g/mol. The first-order chi connectivity index (χ1) is 12.8. The van der Waals surface area contributed by atoms with Crippen molar-refractivity contribution >= 4 is 38.4 Å². The van der Waals surface area contributed by atoms with Crippen molar-refractivity contribution < 1.29 is 23.1 Å². The van der Waals surface area contributed by atoms with Crippen LogP contribution < -0.4 is 0 Å². The van der Waals surface area contributed by atoms with Crippen molar-refractivity contribution in [3.8, 4) is 10.6 Å². The topological polar surface area (TPSA) is 55.1 Å². The Bertz CT molecular complexity index is 1240. The number of carbonyl (C=O) groups is 1. The van der Waals surface area contributed by atoms with Gasteiger partial charge in [0.1, 0.15) is 22.9 Å². The molecule has 0 radical (unpaired) electrons. The summed E-state index contributed by atoms with van der Waals surface area (Å²) in [4.78, 5) is 15.4. The van der Waals surface area contributed by atoms with Gasteiger partial charge >= 0.3 is 5.97 Å². The van der Waals surface area contributed by atoms with Crippen molar-refractivity contribution in [2.45, 2.75) is 20.4 Å². The van der Waals surface area contributed by atoms with Crippen molar-refractivity contribution in [1.82, 2.24) is 9.55 Å². The number of benzene rings is 2. The van der Waals surface area contributed by atoms with E-state index in [9.17, 15) is 23.1 Å². The zero-order valence-electron chi connectivity index (χ0n) is 14.3. The Labute approximate surface area is 155 Å². The number of carboxylic acid groups (broad SMARTS) is 1. The predicted octanol–water partition coefficient (Wildman–Crippen LogP) is 5.04. The molecule has 0 atom stereocenters. The average Bonchev–Trinajstić information content (AvgIpc) is 3.15. The smallest absolute Gasteiger partial charge is 0.323 e. The van der Waals surface area contributed by atoms with Gasteiger partial charge < -0.3 is 9.67 Å². The molecule has 0 unspecified atom stereocenters. The van der Waals surface area contributed by atoms with Gasteiger partial charge in [0.2, 0.25) is 0 Å². The number of rotatable bonds is 3. The summed E-state index contributed by atoms with van der Waals surface area (Å²) in [5, 5.41) is 10.3. The van der Waals surface area contributed by atoms with Gasteiger partial charge in [0.25, 0.3) is 0 Å². The number of thiazole rings is 1. The van der Waals surface area contributed by atoms with Gasteiger partial charge in [0.05, 0.1) is 4.70 Å². The number of nitrogens with zero attached hydrogens (tertiary/aromatic N) is 2. The van der Waals surface area contributed by atoms with Crippen LogP contribution in [0.2, 0.25) is 0 Å². The van der Waals surface area contributed by atoms with E-state index >= 15 is 0 Å². The molecule has 27 heavy (non-hydrogen) atoms. The summed E-state index contributed by atoms with van der Waals surface area (Å²) >= 11 is 0.916. The second-order valence-electron chi connectivity index (χ2n) is 6.26. The first-order valence-electron chi connectivity index (χ1n) is 8.04. The van der Waals surface area contributed by atoms with E-state index in [1.807, 2.05) is 19.1 Å². The number of hydrogen-bond donors (Lipinski definition) is 1. The molecule has 0 aliphatic rings. The Morgan fingerprint density at radius 1 is 1.22 bits per heavy atom. The van der Waals surface area contributed by atoms with E-state index in [1.54, 1.807) is 17.6 Å². The number of aliphatic carboxylic acids is 1. The van der Waals surface area contributed by atoms with Gasteiger partial charge in [-0.05, 0) is 25.5 Å². The zero-order valence-corrected chi connectivity index (χ0v) is 15.1. The lowest BCUT2D eigenvalue weighted by Crippen LogP contribution is -2.09. The molecule has 8 heteroatoms. The van der Waals surface area contributed by atoms with Crippen molar-refractivity contribution in [3.63, 3.8) is 0 Å². The standard InChI is InChI=1S/C19H13F3N2O2S/c1-8-4-3-5-12-14(8)15(9(2)24(12)7-13(25)26)19-23-17-16(22)10(20)6-11(21)18(17)27-19/h3-6H,7H2,1-2H3,(H,25,26). The summed E-state index contributed by atoms with van der Waals surface area (Å²) in [6, 6.07) is 5.97. The number of fused-ring (bicyclic) bond motifs is 2. The molecule has 0 aliphatic carbocycles. The number of halogens is 3. The van der Waals surface area contributed by atoms with E-state index in [4.69, 9.17) is 0 Å². The highest BCUT2D eigenvalue weighted by atomic mass is 32.1. The largest absolute Gasteiger partial charge is 0.480 e. The molecule has 2 aromatic heterocycles. The average molecular weight is 390 g/mol. The van der Waals surface area contributed by atoms with E-state index < -0.39 is 23.4 Å². The van der Waals surface area contributed by atoms with Crippen LogP contribution in [0.1, 0.15) is 11.3 Å². The van der Waals surface area contributed by atoms with Crippen LogP contribution in [0.15, 0.2) is 24.3 Å². The van der Waals surface area contributed by atoms with Crippen molar-refractivity contribution in [2.75, 3.05) is 0 Å². The van der Waals surface area contributed by atoms with Crippen LogP contribution in [-0.2, 0) is 11.3 Å². The molecule has 2 aromatic carbocycles. The van der Waals surface area contributed by atoms with Gasteiger partial charge in [0.15, 0.2) is 11.6 Å². The molecule has 0 aliphatic heterocycles. The van der Waals surface area contributed by atoms with E-state index in [-0.39, 0.29) is 16.8 Å². The molecule has 4 aromatic rings. The maximum absolute atomic E-state index is 14.1. The molecule has 0 saturated heterocycles. The highest BCUT2D eigenvalue weighted by molar-refractivity contribution is 7.21. The van der Waals surface area contributed by atoms with Crippen LogP contribution >= 0.6 is 11.3 Å². The quantitative estimate of drug-likeness (QED) is 0.499. The summed E-state index contributed by atoms with van der Waals surface area (Å²) in [5.41, 5.74) is 2.42. The Kier molecular flexibility index (Phi) is 3.96. The maximum Gasteiger partial charge on any atom is 0.323 e. The zero-order chi connectivity index (χ0) is 19.5. The number of aromatic nitrogens is 2. The molecule has 1 N–H and O–H groups in total. The lowest BCUT2D eigenvalue weighted by atomic mass is 10.1. The van der Waals surface area contributed by atoms with Crippen molar-refractivity contribution in [1.29, 1.82) is 0 Å². The predicted molar refractivity (Wildman–Crippen MR) is 97.5 cm³/mol. The van der Waals surface area contributed by atoms with Crippen LogP contribution in [-0.4, -0.2) is 20.6 Å². The molecule has 0 fully saturated rings. The summed E-state index contributed by atoms with van der Waals surface area (Å²) in [5.74, 6) is -4.38. The third kappa shape index (κ3) is 2.59. The van der Waals surface area contributed by atoms with Crippen molar-refractivity contribution in [3.05, 3.63) is 53.0 Å². The highest BCUT2D eigenvalue weighted by Crippen LogP contribution is 2.41. The molecule has 2 heterocycles. The van der Waals surface area contributed by atoms with Crippen LogP contribution in [0.4, 0.5) is 13.2 Å². The molecule has 0 spiro atoms. The second kappa shape index (κ2) is 6.09. The molecule has 4 nitrogen and oxygen atoms in total. The van der Waals surface area contributed by atoms with Crippen LogP contribution in [0.5, 0.6) is 0 Å². The Morgan fingerprint density at radius 2 is 1.96 bits per heavy atom. The van der Waals surface area contributed by atoms with Gasteiger partial charge in [-0.1, -0.05) is 12.1 Å². The van der Waals surface area contributed by atoms with E-state index in [2.05, 4.69) is 4.98 Å². The fourth-order valence-corrected chi connectivity index (χ4v) is 4.46. The monoisotopic (exact) mass is 390 g/mol. The summed E-state index contributed by atoms with van der Waals surface area (Å²) < 4.78 is 43.3. The molecule has 0 amide bonds. The lowest BCUT2D eigenvalue weighted by molar-refractivity contribution is -0.137. The number of carboxylic acids is 1. The highest BCUT2D eigenvalue weighted by Gasteiger charge is 2.24. The van der Waals surface area contributed by atoms with Gasteiger partial charge in [0, 0.05) is 28.2 Å². The first kappa shape index (κ1) is 17.5. The minimum Gasteiger partial charge on any atom is -0.480 e. The fourth-order valence-electron chi connectivity index (χ4n) is 3.39. The van der Waals surface area contributed by atoms with E-state index in [0.717, 1.165) is 22.3 Å². The van der Waals surface area contributed by atoms with Crippen LogP contribution in [0.25, 0.3) is 31.7 Å². The number of aryl methyl sites for hydroxylation is 1. The van der Waals surface area contributed by atoms with Crippen LogP contribution in [0.3, 0.4) is 0 Å². The normalized spacial score (nSPS) is 11.6. The third-order valence-corrected chi connectivity index (χ3v) is 5.66. The van der Waals surface area contributed by atoms with E-state index in [1.165, 1.54) is 0 Å². The lowest BCUT2D eigenvalue weighted by Gasteiger charge is -2.04. The number of hydrogen-bond acceptors (Lipinski definition) is 3. The summed E-state index contributed by atoms with van der Waals surface area (Å²) in [6.07, 6.45) is 0. The van der Waals surface area contributed by atoms with Gasteiger partial charge in [-0.25, -0.2) is 18.2 Å². The third-order valence-electron chi connectivity index (χ3n) is 4.58. The summed E-state index contributed by atoms with van der Waals surface area (Å²) in [7, 11) is 0. The Balaban J connectivity index is 2.09. The van der Waals surface area contributed by atoms with Gasteiger partial charge in [-0.15, -0.1) is 11.3 Å². The maximum atomic E-state index is 14.1. The van der Waals surface area contributed by atoms with Gasteiger partial charge in [-0.3, -0.25) is 4.79 Å². The van der Waals surface area contributed by atoms with Crippen molar-refractivity contribution in [2.24, 2.45) is 0 Å². The van der Waals surface area contributed by atoms with Crippen LogP contribution in [0, 0.1) is 31.3 Å². The first-order valence-corrected chi connectivity index (χ1v) is 8.85. The minimum absolute atomic E-state index is 0.0731. The molecule has 4 rings (SSSR count). The summed E-state index contributed by atoms with van der Waals surface area (Å²) in [6.45, 7) is 3.34.